The minimum Gasteiger partial charge on any atom is -0.494 e. The summed E-state index contributed by atoms with van der Waals surface area (Å²) >= 11 is 6.71. The van der Waals surface area contributed by atoms with E-state index in [4.69, 9.17) is 26.4 Å². The van der Waals surface area contributed by atoms with Crippen molar-refractivity contribution in [1.82, 2.24) is 0 Å². The number of ether oxygens (including phenoxy) is 3. The molecule has 1 fully saturated rings. The molecule has 0 atom stereocenters. The van der Waals surface area contributed by atoms with Crippen LogP contribution in [0.15, 0.2) is 71.6 Å². The molecule has 190 valence electrons. The van der Waals surface area contributed by atoms with Gasteiger partial charge in [0.05, 0.1) is 24.3 Å². The average molecular weight is 535 g/mol. The molecule has 1 aliphatic rings. The van der Waals surface area contributed by atoms with Crippen molar-refractivity contribution in [3.05, 3.63) is 82.8 Å². The molecule has 37 heavy (non-hydrogen) atoms. The second kappa shape index (κ2) is 11.9. The van der Waals surface area contributed by atoms with Crippen molar-refractivity contribution >= 4 is 57.6 Å². The third-order valence-electron chi connectivity index (χ3n) is 5.38. The van der Waals surface area contributed by atoms with E-state index >= 15 is 0 Å². The Hall–Kier alpha value is -3.82. The number of aryl methyl sites for hydroxylation is 1. The third kappa shape index (κ3) is 6.49. The summed E-state index contributed by atoms with van der Waals surface area (Å²) in [5.74, 6) is 1.10. The van der Waals surface area contributed by atoms with Crippen molar-refractivity contribution in [1.29, 1.82) is 0 Å². The minimum absolute atomic E-state index is 0.177. The van der Waals surface area contributed by atoms with E-state index in [9.17, 15) is 9.59 Å². The molecular weight excluding hydrogens is 508 g/mol. The Bertz CT molecular complexity index is 1340. The molecule has 0 aliphatic carbocycles. The molecule has 7 nitrogen and oxygen atoms in total. The molecule has 0 aromatic heterocycles. The van der Waals surface area contributed by atoms with Gasteiger partial charge in [-0.3, -0.25) is 14.5 Å². The zero-order chi connectivity index (χ0) is 26.4. The predicted molar refractivity (Wildman–Crippen MR) is 152 cm³/mol. The SMILES string of the molecule is CCOc1ccc(NC(=O)COc2ccc(/C=C3\SC(=S)N(c4ccc(C)cc4)C3=O)cc2OC)cc1. The lowest BCUT2D eigenvalue weighted by Crippen LogP contribution is -2.27. The molecule has 3 aromatic rings. The van der Waals surface area contributed by atoms with Gasteiger partial charge in [0.2, 0.25) is 0 Å². The molecule has 1 aliphatic heterocycles. The van der Waals surface area contributed by atoms with E-state index in [1.54, 1.807) is 48.5 Å². The minimum atomic E-state index is -0.310. The van der Waals surface area contributed by atoms with Gasteiger partial charge in [0, 0.05) is 5.69 Å². The van der Waals surface area contributed by atoms with E-state index in [1.165, 1.54) is 23.8 Å². The van der Waals surface area contributed by atoms with E-state index < -0.39 is 0 Å². The fourth-order valence-electron chi connectivity index (χ4n) is 3.57. The van der Waals surface area contributed by atoms with Crippen LogP contribution in [0.5, 0.6) is 17.2 Å². The third-order valence-corrected chi connectivity index (χ3v) is 6.68. The number of nitrogens with zero attached hydrogens (tertiary/aromatic N) is 1. The van der Waals surface area contributed by atoms with Gasteiger partial charge in [0.15, 0.2) is 22.4 Å². The highest BCUT2D eigenvalue weighted by Gasteiger charge is 2.33. The van der Waals surface area contributed by atoms with Crippen LogP contribution in [0.4, 0.5) is 11.4 Å². The second-order valence-corrected chi connectivity index (χ2v) is 9.73. The number of rotatable bonds is 9. The van der Waals surface area contributed by atoms with Gasteiger partial charge in [0.1, 0.15) is 5.75 Å². The number of hydrogen-bond acceptors (Lipinski definition) is 7. The molecule has 1 heterocycles. The fraction of sp³-hybridized carbons (Fsp3) is 0.179. The summed E-state index contributed by atoms with van der Waals surface area (Å²) in [5, 5.41) is 2.78. The van der Waals surface area contributed by atoms with Crippen molar-refractivity contribution in [2.45, 2.75) is 13.8 Å². The average Bonchev–Trinajstić information content (AvgIpc) is 3.17. The largest absolute Gasteiger partial charge is 0.494 e. The predicted octanol–water partition coefficient (Wildman–Crippen LogP) is 5.83. The van der Waals surface area contributed by atoms with Crippen LogP contribution in [0.25, 0.3) is 6.08 Å². The van der Waals surface area contributed by atoms with Crippen molar-refractivity contribution in [2.24, 2.45) is 0 Å². The Morgan fingerprint density at radius 1 is 1.03 bits per heavy atom. The second-order valence-electron chi connectivity index (χ2n) is 8.06. The first-order valence-electron chi connectivity index (χ1n) is 11.6. The summed E-state index contributed by atoms with van der Waals surface area (Å²) in [4.78, 5) is 27.4. The van der Waals surface area contributed by atoms with Crippen LogP contribution in [0, 0.1) is 6.92 Å². The maximum Gasteiger partial charge on any atom is 0.270 e. The van der Waals surface area contributed by atoms with Crippen molar-refractivity contribution in [2.75, 3.05) is 30.5 Å². The summed E-state index contributed by atoms with van der Waals surface area (Å²) in [6.45, 7) is 4.28. The molecule has 0 bridgehead atoms. The van der Waals surface area contributed by atoms with Crippen LogP contribution in [-0.2, 0) is 9.59 Å². The van der Waals surface area contributed by atoms with Gasteiger partial charge in [0.25, 0.3) is 11.8 Å². The zero-order valence-electron chi connectivity index (χ0n) is 20.6. The highest BCUT2D eigenvalue weighted by Crippen LogP contribution is 2.37. The van der Waals surface area contributed by atoms with Gasteiger partial charge in [-0.1, -0.05) is 47.7 Å². The Labute approximate surface area is 225 Å². The highest BCUT2D eigenvalue weighted by molar-refractivity contribution is 8.27. The molecule has 3 aromatic carbocycles. The Morgan fingerprint density at radius 3 is 2.43 bits per heavy atom. The molecule has 9 heteroatoms. The molecule has 4 rings (SSSR count). The van der Waals surface area contributed by atoms with E-state index in [-0.39, 0.29) is 18.4 Å². The molecule has 1 N–H and O–H groups in total. The Kier molecular flexibility index (Phi) is 8.47. The summed E-state index contributed by atoms with van der Waals surface area (Å²) < 4.78 is 17.0. The molecule has 2 amide bonds. The number of anilines is 2. The van der Waals surface area contributed by atoms with Crippen LogP contribution in [0.1, 0.15) is 18.1 Å². The van der Waals surface area contributed by atoms with Gasteiger partial charge in [-0.25, -0.2) is 0 Å². The fourth-order valence-corrected chi connectivity index (χ4v) is 4.87. The Morgan fingerprint density at radius 2 is 1.76 bits per heavy atom. The number of amides is 2. The number of carbonyl (C=O) groups is 2. The zero-order valence-corrected chi connectivity index (χ0v) is 22.3. The molecular formula is C28H26N2O5S2. The van der Waals surface area contributed by atoms with Crippen molar-refractivity contribution < 1.29 is 23.8 Å². The van der Waals surface area contributed by atoms with Crippen LogP contribution >= 0.6 is 24.0 Å². The highest BCUT2D eigenvalue weighted by atomic mass is 32.2. The number of carbonyl (C=O) groups excluding carboxylic acids is 2. The summed E-state index contributed by atoms with van der Waals surface area (Å²) in [6, 6.07) is 20.0. The topological polar surface area (TPSA) is 77.1 Å². The lowest BCUT2D eigenvalue weighted by Gasteiger charge is -2.14. The first-order chi connectivity index (χ1) is 17.9. The van der Waals surface area contributed by atoms with Crippen LogP contribution in [0.2, 0.25) is 0 Å². The normalized spacial score (nSPS) is 14.1. The molecule has 0 unspecified atom stereocenters. The first-order valence-corrected chi connectivity index (χ1v) is 12.8. The molecule has 0 radical (unpaired) electrons. The molecule has 1 saturated heterocycles. The summed E-state index contributed by atoms with van der Waals surface area (Å²) in [5.41, 5.74) is 3.23. The van der Waals surface area contributed by atoms with Crippen molar-refractivity contribution in [3.63, 3.8) is 0 Å². The van der Waals surface area contributed by atoms with Gasteiger partial charge in [-0.2, -0.15) is 0 Å². The number of hydrogen-bond donors (Lipinski definition) is 1. The number of thiocarbonyl (C=S) groups is 1. The smallest absolute Gasteiger partial charge is 0.270 e. The first kappa shape index (κ1) is 26.2. The van der Waals surface area contributed by atoms with Gasteiger partial charge < -0.3 is 19.5 Å². The Balaban J connectivity index is 1.41. The quantitative estimate of drug-likeness (QED) is 0.274. The summed E-state index contributed by atoms with van der Waals surface area (Å²) in [7, 11) is 1.52. The standard InChI is InChI=1S/C28H26N2O5S2/c1-4-34-22-12-8-20(9-13-22)29-26(31)17-35-23-14-7-19(15-24(23)33-3)16-25-27(32)30(28(36)37-25)21-10-5-18(2)6-11-21/h5-16H,4,17H2,1-3H3,(H,29,31)/b25-16-. The maximum absolute atomic E-state index is 13.0. The number of thioether (sulfide) groups is 1. The lowest BCUT2D eigenvalue weighted by atomic mass is 10.1. The number of methoxy groups -OCH3 is 1. The number of benzene rings is 3. The van der Waals surface area contributed by atoms with Gasteiger partial charge in [-0.15, -0.1) is 0 Å². The van der Waals surface area contributed by atoms with E-state index in [0.717, 1.165) is 22.6 Å². The monoisotopic (exact) mass is 534 g/mol. The summed E-state index contributed by atoms with van der Waals surface area (Å²) in [6.07, 6.45) is 1.76. The van der Waals surface area contributed by atoms with E-state index in [1.807, 2.05) is 38.1 Å². The lowest BCUT2D eigenvalue weighted by molar-refractivity contribution is -0.118. The maximum atomic E-state index is 13.0. The van der Waals surface area contributed by atoms with Crippen molar-refractivity contribution in [3.8, 4) is 17.2 Å². The van der Waals surface area contributed by atoms with Gasteiger partial charge >= 0.3 is 0 Å². The van der Waals surface area contributed by atoms with E-state index in [2.05, 4.69) is 5.32 Å². The molecule has 0 spiro atoms. The number of nitrogens with one attached hydrogen (secondary N) is 1. The van der Waals surface area contributed by atoms with Gasteiger partial charge in [-0.05, 0) is 74.0 Å². The molecule has 0 saturated carbocycles. The van der Waals surface area contributed by atoms with Crippen LogP contribution in [0.3, 0.4) is 0 Å². The van der Waals surface area contributed by atoms with E-state index in [0.29, 0.717) is 33.0 Å². The van der Waals surface area contributed by atoms with Crippen LogP contribution in [-0.4, -0.2) is 36.5 Å². The van der Waals surface area contributed by atoms with Crippen LogP contribution < -0.4 is 24.4 Å².